The first-order valence-electron chi connectivity index (χ1n) is 6.32. The SMILES string of the molecule is Cn1ncc(Cl)c1CN1CCC2(CCCN2)C1. The van der Waals surface area contributed by atoms with Gasteiger partial charge in [0, 0.05) is 32.2 Å². The van der Waals surface area contributed by atoms with E-state index < -0.39 is 0 Å². The predicted molar refractivity (Wildman–Crippen MR) is 68.1 cm³/mol. The number of halogens is 1. The maximum atomic E-state index is 6.15. The van der Waals surface area contributed by atoms with Gasteiger partial charge >= 0.3 is 0 Å². The number of hydrogen-bond acceptors (Lipinski definition) is 3. The zero-order valence-corrected chi connectivity index (χ0v) is 11.0. The van der Waals surface area contributed by atoms with E-state index in [1.54, 1.807) is 6.20 Å². The van der Waals surface area contributed by atoms with Crippen molar-refractivity contribution in [3.63, 3.8) is 0 Å². The van der Waals surface area contributed by atoms with E-state index in [4.69, 9.17) is 11.6 Å². The average molecular weight is 255 g/mol. The molecule has 17 heavy (non-hydrogen) atoms. The summed E-state index contributed by atoms with van der Waals surface area (Å²) in [6, 6.07) is 0. The highest BCUT2D eigenvalue weighted by Gasteiger charge is 2.40. The summed E-state index contributed by atoms with van der Waals surface area (Å²) in [7, 11) is 1.96. The molecule has 0 amide bonds. The molecule has 2 aliphatic rings. The van der Waals surface area contributed by atoms with E-state index >= 15 is 0 Å². The Hall–Kier alpha value is -0.580. The third-order valence-corrected chi connectivity index (χ3v) is 4.46. The fraction of sp³-hybridized carbons (Fsp3) is 0.750. The van der Waals surface area contributed by atoms with Gasteiger partial charge in [-0.1, -0.05) is 11.6 Å². The highest BCUT2D eigenvalue weighted by Crippen LogP contribution is 2.31. The molecule has 0 bridgehead atoms. The highest BCUT2D eigenvalue weighted by molar-refractivity contribution is 6.31. The molecule has 1 aromatic rings. The second-order valence-corrected chi connectivity index (χ2v) is 5.74. The maximum Gasteiger partial charge on any atom is 0.0831 e. The summed E-state index contributed by atoms with van der Waals surface area (Å²) in [4.78, 5) is 2.49. The standard InChI is InChI=1S/C12H19ClN4/c1-16-11(10(13)7-15-16)8-17-6-4-12(9-17)3-2-5-14-12/h7,14H,2-6,8-9H2,1H3. The molecule has 3 heterocycles. The molecule has 1 atom stereocenters. The van der Waals surface area contributed by atoms with Gasteiger partial charge < -0.3 is 5.32 Å². The van der Waals surface area contributed by atoms with Gasteiger partial charge in [0.25, 0.3) is 0 Å². The summed E-state index contributed by atoms with van der Waals surface area (Å²) >= 11 is 6.15. The topological polar surface area (TPSA) is 33.1 Å². The van der Waals surface area contributed by atoms with Crippen molar-refractivity contribution in [2.24, 2.45) is 7.05 Å². The van der Waals surface area contributed by atoms with E-state index in [2.05, 4.69) is 15.3 Å². The monoisotopic (exact) mass is 254 g/mol. The molecule has 0 aromatic carbocycles. The maximum absolute atomic E-state index is 6.15. The lowest BCUT2D eigenvalue weighted by atomic mass is 9.97. The third-order valence-electron chi connectivity index (χ3n) is 4.15. The molecule has 2 fully saturated rings. The van der Waals surface area contributed by atoms with Crippen molar-refractivity contribution in [3.05, 3.63) is 16.9 Å². The first-order valence-corrected chi connectivity index (χ1v) is 6.70. The summed E-state index contributed by atoms with van der Waals surface area (Å²) in [6.45, 7) is 4.40. The molecule has 0 saturated carbocycles. The van der Waals surface area contributed by atoms with Crippen LogP contribution in [0, 0.1) is 0 Å². The molecular formula is C12H19ClN4. The predicted octanol–water partition coefficient (Wildman–Crippen LogP) is 1.40. The highest BCUT2D eigenvalue weighted by atomic mass is 35.5. The smallest absolute Gasteiger partial charge is 0.0831 e. The molecule has 1 spiro atoms. The van der Waals surface area contributed by atoms with Gasteiger partial charge in [-0.15, -0.1) is 0 Å². The quantitative estimate of drug-likeness (QED) is 0.866. The van der Waals surface area contributed by atoms with E-state index in [9.17, 15) is 0 Å². The Bertz CT molecular complexity index is 389. The Labute approximate surface area is 107 Å². The summed E-state index contributed by atoms with van der Waals surface area (Å²) < 4.78 is 1.88. The van der Waals surface area contributed by atoms with Crippen molar-refractivity contribution in [1.29, 1.82) is 0 Å². The molecule has 0 aliphatic carbocycles. The first-order chi connectivity index (χ1) is 8.19. The van der Waals surface area contributed by atoms with Crippen LogP contribution in [0.2, 0.25) is 5.02 Å². The van der Waals surface area contributed by atoms with Crippen LogP contribution in [-0.2, 0) is 13.6 Å². The second kappa shape index (κ2) is 4.26. The molecule has 1 aromatic heterocycles. The molecule has 4 nitrogen and oxygen atoms in total. The number of hydrogen-bond donors (Lipinski definition) is 1. The van der Waals surface area contributed by atoms with Gasteiger partial charge in [0.15, 0.2) is 0 Å². The number of likely N-dealkylation sites (tertiary alicyclic amines) is 1. The Balaban J connectivity index is 1.68. The van der Waals surface area contributed by atoms with Crippen LogP contribution in [0.25, 0.3) is 0 Å². The molecular weight excluding hydrogens is 236 g/mol. The Morgan fingerprint density at radius 2 is 2.41 bits per heavy atom. The summed E-state index contributed by atoms with van der Waals surface area (Å²) in [5.74, 6) is 0. The zero-order chi connectivity index (χ0) is 11.9. The average Bonchev–Trinajstić information content (AvgIpc) is 3.00. The Kier molecular flexibility index (Phi) is 2.89. The molecule has 2 saturated heterocycles. The van der Waals surface area contributed by atoms with Crippen LogP contribution < -0.4 is 5.32 Å². The zero-order valence-electron chi connectivity index (χ0n) is 10.2. The van der Waals surface area contributed by atoms with Crippen LogP contribution in [0.1, 0.15) is 25.0 Å². The number of rotatable bonds is 2. The van der Waals surface area contributed by atoms with Crippen LogP contribution in [0.15, 0.2) is 6.20 Å². The van der Waals surface area contributed by atoms with Crippen molar-refractivity contribution < 1.29 is 0 Å². The normalized spacial score (nSPS) is 29.5. The van der Waals surface area contributed by atoms with Gasteiger partial charge in [-0.3, -0.25) is 9.58 Å². The first kappa shape index (κ1) is 11.5. The number of aromatic nitrogens is 2. The lowest BCUT2D eigenvalue weighted by Crippen LogP contribution is -2.42. The summed E-state index contributed by atoms with van der Waals surface area (Å²) in [6.07, 6.45) is 5.64. The van der Waals surface area contributed by atoms with Crippen LogP contribution in [0.5, 0.6) is 0 Å². The van der Waals surface area contributed by atoms with Gasteiger partial charge in [0.05, 0.1) is 16.9 Å². The fourth-order valence-electron chi connectivity index (χ4n) is 3.14. The molecule has 5 heteroatoms. The van der Waals surface area contributed by atoms with E-state index in [-0.39, 0.29) is 0 Å². The number of aryl methyl sites for hydroxylation is 1. The van der Waals surface area contributed by atoms with Crippen molar-refractivity contribution >= 4 is 11.6 Å². The van der Waals surface area contributed by atoms with Crippen molar-refractivity contribution in [2.75, 3.05) is 19.6 Å². The van der Waals surface area contributed by atoms with Gasteiger partial charge in [0.2, 0.25) is 0 Å². The summed E-state index contributed by atoms with van der Waals surface area (Å²) in [5.41, 5.74) is 1.52. The summed E-state index contributed by atoms with van der Waals surface area (Å²) in [5, 5.41) is 8.65. The lowest BCUT2D eigenvalue weighted by molar-refractivity contribution is 0.284. The fourth-order valence-corrected chi connectivity index (χ4v) is 3.36. The van der Waals surface area contributed by atoms with E-state index in [0.29, 0.717) is 5.54 Å². The third kappa shape index (κ3) is 2.09. The minimum absolute atomic E-state index is 0.394. The van der Waals surface area contributed by atoms with Crippen molar-refractivity contribution in [2.45, 2.75) is 31.3 Å². The molecule has 94 valence electrons. The van der Waals surface area contributed by atoms with E-state index in [1.165, 1.54) is 25.8 Å². The number of nitrogens with one attached hydrogen (secondary N) is 1. The van der Waals surface area contributed by atoms with E-state index in [0.717, 1.165) is 30.4 Å². The second-order valence-electron chi connectivity index (χ2n) is 5.33. The Morgan fingerprint density at radius 3 is 3.06 bits per heavy atom. The molecule has 3 rings (SSSR count). The molecule has 0 radical (unpaired) electrons. The van der Waals surface area contributed by atoms with Crippen LogP contribution in [0.4, 0.5) is 0 Å². The minimum atomic E-state index is 0.394. The van der Waals surface area contributed by atoms with Gasteiger partial charge in [0.1, 0.15) is 0 Å². The van der Waals surface area contributed by atoms with Gasteiger partial charge in [-0.25, -0.2) is 0 Å². The molecule has 1 N–H and O–H groups in total. The minimum Gasteiger partial charge on any atom is -0.310 e. The van der Waals surface area contributed by atoms with Gasteiger partial charge in [-0.2, -0.15) is 5.10 Å². The lowest BCUT2D eigenvalue weighted by Gasteiger charge is -2.24. The molecule has 1 unspecified atom stereocenters. The molecule has 2 aliphatic heterocycles. The van der Waals surface area contributed by atoms with Crippen LogP contribution in [-0.4, -0.2) is 39.9 Å². The van der Waals surface area contributed by atoms with Crippen LogP contribution >= 0.6 is 11.6 Å². The largest absolute Gasteiger partial charge is 0.310 e. The van der Waals surface area contributed by atoms with Crippen LogP contribution in [0.3, 0.4) is 0 Å². The number of nitrogens with zero attached hydrogens (tertiary/aromatic N) is 3. The Morgan fingerprint density at radius 1 is 1.53 bits per heavy atom. The van der Waals surface area contributed by atoms with Gasteiger partial charge in [-0.05, 0) is 25.8 Å². The van der Waals surface area contributed by atoms with Crippen molar-refractivity contribution in [3.8, 4) is 0 Å². The van der Waals surface area contributed by atoms with Crippen molar-refractivity contribution in [1.82, 2.24) is 20.0 Å². The van der Waals surface area contributed by atoms with E-state index in [1.807, 2.05) is 11.7 Å².